The molecular weight excluding hydrogens is 278 g/mol. The lowest BCUT2D eigenvalue weighted by molar-refractivity contribution is 0.140. The third-order valence-electron chi connectivity index (χ3n) is 4.19. The summed E-state index contributed by atoms with van der Waals surface area (Å²) in [5.74, 6) is 0.680. The molecule has 0 bridgehead atoms. The standard InChI is InChI=1S/C18H19NO3/c20-17-7-3-4-12-19(17)18(21)22-13-14-8-10-16(11-9-14)15-5-1-2-6-15/h3-4,7-12,15H,1-2,5-6,13H2. The Balaban J connectivity index is 1.60. The highest BCUT2D eigenvalue weighted by molar-refractivity contribution is 5.70. The number of pyridine rings is 1. The van der Waals surface area contributed by atoms with Gasteiger partial charge in [-0.2, -0.15) is 0 Å². The highest BCUT2D eigenvalue weighted by Gasteiger charge is 2.16. The number of aromatic nitrogens is 1. The van der Waals surface area contributed by atoms with Crippen molar-refractivity contribution in [1.82, 2.24) is 4.57 Å². The van der Waals surface area contributed by atoms with Crippen molar-refractivity contribution in [3.8, 4) is 0 Å². The van der Waals surface area contributed by atoms with Gasteiger partial charge in [0.2, 0.25) is 0 Å². The van der Waals surface area contributed by atoms with Gasteiger partial charge in [0.05, 0.1) is 0 Å². The van der Waals surface area contributed by atoms with E-state index < -0.39 is 6.09 Å². The van der Waals surface area contributed by atoms with Gasteiger partial charge in [0.15, 0.2) is 0 Å². The van der Waals surface area contributed by atoms with Crippen molar-refractivity contribution < 1.29 is 9.53 Å². The van der Waals surface area contributed by atoms with Crippen LogP contribution in [0.4, 0.5) is 4.79 Å². The van der Waals surface area contributed by atoms with Crippen LogP contribution < -0.4 is 5.56 Å². The average Bonchev–Trinajstić information content (AvgIpc) is 3.08. The summed E-state index contributed by atoms with van der Waals surface area (Å²) >= 11 is 0. The minimum Gasteiger partial charge on any atom is -0.444 e. The number of carbonyl (C=O) groups excluding carboxylic acids is 1. The lowest BCUT2D eigenvalue weighted by Crippen LogP contribution is -2.26. The van der Waals surface area contributed by atoms with E-state index in [-0.39, 0.29) is 12.2 Å². The summed E-state index contributed by atoms with van der Waals surface area (Å²) in [6, 6.07) is 12.8. The van der Waals surface area contributed by atoms with Gasteiger partial charge in [-0.1, -0.05) is 43.2 Å². The fourth-order valence-corrected chi connectivity index (χ4v) is 2.94. The van der Waals surface area contributed by atoms with Gasteiger partial charge in [-0.15, -0.1) is 0 Å². The molecule has 0 atom stereocenters. The molecule has 0 saturated heterocycles. The first-order valence-corrected chi connectivity index (χ1v) is 7.68. The van der Waals surface area contributed by atoms with Crippen LogP contribution in [0.15, 0.2) is 53.5 Å². The molecule has 1 aromatic carbocycles. The molecule has 1 fully saturated rings. The predicted molar refractivity (Wildman–Crippen MR) is 83.9 cm³/mol. The summed E-state index contributed by atoms with van der Waals surface area (Å²) in [5, 5.41) is 0. The zero-order valence-electron chi connectivity index (χ0n) is 12.4. The van der Waals surface area contributed by atoms with Gasteiger partial charge in [0.25, 0.3) is 5.56 Å². The third kappa shape index (κ3) is 3.27. The monoisotopic (exact) mass is 297 g/mol. The van der Waals surface area contributed by atoms with Gasteiger partial charge >= 0.3 is 6.09 Å². The van der Waals surface area contributed by atoms with E-state index in [1.807, 2.05) is 12.1 Å². The van der Waals surface area contributed by atoms with Crippen LogP contribution in [0.1, 0.15) is 42.7 Å². The molecule has 1 aliphatic carbocycles. The van der Waals surface area contributed by atoms with Crippen LogP contribution in [0.2, 0.25) is 0 Å². The van der Waals surface area contributed by atoms with Crippen molar-refractivity contribution >= 4 is 6.09 Å². The molecule has 114 valence electrons. The molecule has 0 aliphatic heterocycles. The van der Waals surface area contributed by atoms with Crippen LogP contribution in [0.25, 0.3) is 0 Å². The van der Waals surface area contributed by atoms with E-state index in [4.69, 9.17) is 4.74 Å². The molecule has 22 heavy (non-hydrogen) atoms. The molecule has 4 nitrogen and oxygen atoms in total. The zero-order valence-corrected chi connectivity index (χ0v) is 12.4. The Morgan fingerprint density at radius 3 is 2.50 bits per heavy atom. The number of ether oxygens (including phenoxy) is 1. The molecule has 4 heteroatoms. The molecule has 0 spiro atoms. The van der Waals surface area contributed by atoms with Crippen LogP contribution in [0.3, 0.4) is 0 Å². The molecule has 0 amide bonds. The zero-order chi connectivity index (χ0) is 15.4. The summed E-state index contributed by atoms with van der Waals surface area (Å²) in [4.78, 5) is 23.4. The molecule has 0 N–H and O–H groups in total. The Morgan fingerprint density at radius 1 is 1.09 bits per heavy atom. The molecule has 0 unspecified atom stereocenters. The van der Waals surface area contributed by atoms with E-state index >= 15 is 0 Å². The van der Waals surface area contributed by atoms with Crippen molar-refractivity contribution in [2.24, 2.45) is 0 Å². The lowest BCUT2D eigenvalue weighted by Gasteiger charge is -2.10. The highest BCUT2D eigenvalue weighted by Crippen LogP contribution is 2.33. The Morgan fingerprint density at radius 2 is 1.82 bits per heavy atom. The number of rotatable bonds is 3. The molecule has 2 aromatic rings. The van der Waals surface area contributed by atoms with Gasteiger partial charge in [-0.05, 0) is 36.0 Å². The number of benzene rings is 1. The molecule has 1 aromatic heterocycles. The first-order chi connectivity index (χ1) is 10.7. The van der Waals surface area contributed by atoms with Gasteiger partial charge in [0, 0.05) is 12.3 Å². The molecule has 0 radical (unpaired) electrons. The molecule has 1 heterocycles. The summed E-state index contributed by atoms with van der Waals surface area (Å²) in [6.07, 6.45) is 5.93. The van der Waals surface area contributed by atoms with Gasteiger partial charge in [0.1, 0.15) is 6.61 Å². The third-order valence-corrected chi connectivity index (χ3v) is 4.19. The van der Waals surface area contributed by atoms with Crippen LogP contribution in [0, 0.1) is 0 Å². The first kappa shape index (κ1) is 14.6. The average molecular weight is 297 g/mol. The Kier molecular flexibility index (Phi) is 4.37. The van der Waals surface area contributed by atoms with E-state index in [1.165, 1.54) is 43.5 Å². The number of carbonyl (C=O) groups is 1. The smallest absolute Gasteiger partial charge is 0.421 e. The Labute approximate surface area is 129 Å². The van der Waals surface area contributed by atoms with E-state index in [2.05, 4.69) is 12.1 Å². The second-order valence-electron chi connectivity index (χ2n) is 5.69. The van der Waals surface area contributed by atoms with Crippen LogP contribution in [-0.4, -0.2) is 10.7 Å². The van der Waals surface area contributed by atoms with Crippen LogP contribution in [-0.2, 0) is 11.3 Å². The highest BCUT2D eigenvalue weighted by atomic mass is 16.5. The second kappa shape index (κ2) is 6.60. The molecule has 1 saturated carbocycles. The van der Waals surface area contributed by atoms with E-state index in [9.17, 15) is 9.59 Å². The minimum absolute atomic E-state index is 0.172. The lowest BCUT2D eigenvalue weighted by atomic mass is 9.97. The summed E-state index contributed by atoms with van der Waals surface area (Å²) in [5.41, 5.74) is 1.91. The predicted octanol–water partition coefficient (Wildman–Crippen LogP) is 3.69. The van der Waals surface area contributed by atoms with Crippen molar-refractivity contribution in [3.05, 3.63) is 70.1 Å². The fraction of sp³-hybridized carbons (Fsp3) is 0.333. The maximum absolute atomic E-state index is 11.9. The van der Waals surface area contributed by atoms with Crippen molar-refractivity contribution in [2.45, 2.75) is 38.2 Å². The topological polar surface area (TPSA) is 48.3 Å². The molecule has 1 aliphatic rings. The minimum atomic E-state index is -0.648. The van der Waals surface area contributed by atoms with E-state index in [0.717, 1.165) is 10.1 Å². The fourth-order valence-electron chi connectivity index (χ4n) is 2.94. The largest absolute Gasteiger partial charge is 0.444 e. The summed E-state index contributed by atoms with van der Waals surface area (Å²) in [6.45, 7) is 0.172. The molecular formula is C18H19NO3. The number of hydrogen-bond donors (Lipinski definition) is 0. The first-order valence-electron chi connectivity index (χ1n) is 7.68. The number of hydrogen-bond acceptors (Lipinski definition) is 3. The van der Waals surface area contributed by atoms with Gasteiger partial charge < -0.3 is 4.74 Å². The van der Waals surface area contributed by atoms with Gasteiger partial charge in [-0.3, -0.25) is 4.79 Å². The quantitative estimate of drug-likeness (QED) is 0.868. The SMILES string of the molecule is O=C(OCc1ccc(C2CCCC2)cc1)n1ccccc1=O. The van der Waals surface area contributed by atoms with Crippen LogP contribution >= 0.6 is 0 Å². The van der Waals surface area contributed by atoms with Crippen molar-refractivity contribution in [2.75, 3.05) is 0 Å². The Bertz CT molecular complexity index is 697. The second-order valence-corrected chi connectivity index (χ2v) is 5.69. The van der Waals surface area contributed by atoms with Crippen LogP contribution in [0.5, 0.6) is 0 Å². The van der Waals surface area contributed by atoms with Gasteiger partial charge in [-0.25, -0.2) is 9.36 Å². The van der Waals surface area contributed by atoms with Crippen molar-refractivity contribution in [1.29, 1.82) is 0 Å². The summed E-state index contributed by atoms with van der Waals surface area (Å²) < 4.78 is 6.15. The van der Waals surface area contributed by atoms with E-state index in [0.29, 0.717) is 5.92 Å². The Hall–Kier alpha value is -2.36. The summed E-state index contributed by atoms with van der Waals surface area (Å²) in [7, 11) is 0. The maximum Gasteiger partial charge on any atom is 0.421 e. The van der Waals surface area contributed by atoms with Crippen molar-refractivity contribution in [3.63, 3.8) is 0 Å². The molecule has 3 rings (SSSR count). The maximum atomic E-state index is 11.9. The number of nitrogens with zero attached hydrogens (tertiary/aromatic N) is 1. The normalized spacial score (nSPS) is 14.9. The van der Waals surface area contributed by atoms with E-state index in [1.54, 1.807) is 12.1 Å².